The third-order valence-electron chi connectivity index (χ3n) is 5.08. The average Bonchev–Trinajstić information content (AvgIpc) is 2.96. The van der Waals surface area contributed by atoms with Gasteiger partial charge in [-0.2, -0.15) is 0 Å². The van der Waals surface area contributed by atoms with Gasteiger partial charge in [0.25, 0.3) is 5.56 Å². The van der Waals surface area contributed by atoms with E-state index in [2.05, 4.69) is 29.4 Å². The number of pyridine rings is 1. The van der Waals surface area contributed by atoms with Gasteiger partial charge in [-0.1, -0.05) is 42.5 Å². The van der Waals surface area contributed by atoms with Crippen LogP contribution in [0.25, 0.3) is 10.9 Å². The number of nitrogens with one attached hydrogen (secondary N) is 2. The molecule has 0 bridgehead atoms. The van der Waals surface area contributed by atoms with E-state index < -0.39 is 0 Å². The molecule has 4 rings (SSSR count). The first kappa shape index (κ1) is 15.6. The summed E-state index contributed by atoms with van der Waals surface area (Å²) in [7, 11) is 0. The molecule has 25 heavy (non-hydrogen) atoms. The molecule has 0 spiro atoms. The van der Waals surface area contributed by atoms with E-state index in [0.29, 0.717) is 12.8 Å². The fraction of sp³-hybridized carbons (Fsp3) is 0.238. The Labute approximate surface area is 145 Å². The summed E-state index contributed by atoms with van der Waals surface area (Å²) in [6.07, 6.45) is 1.98. The maximum absolute atomic E-state index is 12.3. The van der Waals surface area contributed by atoms with Crippen molar-refractivity contribution in [3.63, 3.8) is 0 Å². The SMILES string of the molecule is CC1(c2ccc(Cc3cc4ccccc4[nH]c3=O)cc2)CCC(=O)N1. The van der Waals surface area contributed by atoms with E-state index >= 15 is 0 Å². The largest absolute Gasteiger partial charge is 0.347 e. The number of carbonyl (C=O) groups excluding carboxylic acids is 1. The monoisotopic (exact) mass is 332 g/mol. The van der Waals surface area contributed by atoms with Crippen LogP contribution in [0.3, 0.4) is 0 Å². The summed E-state index contributed by atoms with van der Waals surface area (Å²) >= 11 is 0. The molecule has 0 saturated carbocycles. The van der Waals surface area contributed by atoms with E-state index in [0.717, 1.165) is 34.0 Å². The number of para-hydroxylation sites is 1. The number of aromatic nitrogens is 1. The van der Waals surface area contributed by atoms with Crippen LogP contribution in [0.2, 0.25) is 0 Å². The van der Waals surface area contributed by atoms with Crippen LogP contribution in [0.4, 0.5) is 0 Å². The van der Waals surface area contributed by atoms with Crippen LogP contribution < -0.4 is 10.9 Å². The van der Waals surface area contributed by atoms with Crippen molar-refractivity contribution in [1.82, 2.24) is 10.3 Å². The Morgan fingerprint density at radius 2 is 1.80 bits per heavy atom. The topological polar surface area (TPSA) is 62.0 Å². The molecule has 2 aromatic carbocycles. The molecule has 1 aliphatic heterocycles. The molecule has 1 aliphatic rings. The lowest BCUT2D eigenvalue weighted by molar-refractivity contribution is -0.119. The number of hydrogen-bond donors (Lipinski definition) is 2. The molecule has 3 aromatic rings. The lowest BCUT2D eigenvalue weighted by atomic mass is 9.89. The van der Waals surface area contributed by atoms with Gasteiger partial charge in [-0.05, 0) is 42.0 Å². The fourth-order valence-electron chi connectivity index (χ4n) is 3.55. The van der Waals surface area contributed by atoms with Gasteiger partial charge >= 0.3 is 0 Å². The van der Waals surface area contributed by atoms with Crippen molar-refractivity contribution in [3.05, 3.63) is 81.6 Å². The van der Waals surface area contributed by atoms with Gasteiger partial charge in [0.15, 0.2) is 0 Å². The number of fused-ring (bicyclic) bond motifs is 1. The second-order valence-corrected chi connectivity index (χ2v) is 6.96. The average molecular weight is 332 g/mol. The zero-order valence-electron chi connectivity index (χ0n) is 14.1. The number of carbonyl (C=O) groups is 1. The van der Waals surface area contributed by atoms with E-state index in [1.165, 1.54) is 0 Å². The Bertz CT molecular complexity index is 1000. The normalized spacial score (nSPS) is 20.0. The predicted molar refractivity (Wildman–Crippen MR) is 98.5 cm³/mol. The molecular formula is C21H20N2O2. The third-order valence-corrected chi connectivity index (χ3v) is 5.08. The Hall–Kier alpha value is -2.88. The van der Waals surface area contributed by atoms with Gasteiger partial charge in [-0.15, -0.1) is 0 Å². The zero-order valence-corrected chi connectivity index (χ0v) is 14.1. The summed E-state index contributed by atoms with van der Waals surface area (Å²) < 4.78 is 0. The molecule has 1 amide bonds. The van der Waals surface area contributed by atoms with E-state index in [9.17, 15) is 9.59 Å². The summed E-state index contributed by atoms with van der Waals surface area (Å²) in [6.45, 7) is 2.06. The predicted octanol–water partition coefficient (Wildman–Crippen LogP) is 3.24. The number of aromatic amines is 1. The molecule has 2 heterocycles. The van der Waals surface area contributed by atoms with Crippen molar-refractivity contribution in [2.24, 2.45) is 0 Å². The summed E-state index contributed by atoms with van der Waals surface area (Å²) in [5, 5.41) is 4.09. The van der Waals surface area contributed by atoms with E-state index in [4.69, 9.17) is 0 Å². The lowest BCUT2D eigenvalue weighted by Crippen LogP contribution is -2.35. The van der Waals surface area contributed by atoms with Crippen molar-refractivity contribution in [2.75, 3.05) is 0 Å². The lowest BCUT2D eigenvalue weighted by Gasteiger charge is -2.24. The van der Waals surface area contributed by atoms with Gasteiger partial charge in [0.1, 0.15) is 0 Å². The van der Waals surface area contributed by atoms with Crippen molar-refractivity contribution < 1.29 is 4.79 Å². The molecule has 4 nitrogen and oxygen atoms in total. The highest BCUT2D eigenvalue weighted by atomic mass is 16.2. The Morgan fingerprint density at radius 3 is 2.52 bits per heavy atom. The Morgan fingerprint density at radius 1 is 1.04 bits per heavy atom. The Balaban J connectivity index is 1.60. The van der Waals surface area contributed by atoms with Crippen molar-refractivity contribution >= 4 is 16.8 Å². The van der Waals surface area contributed by atoms with Gasteiger partial charge in [-0.3, -0.25) is 9.59 Å². The molecule has 2 N–H and O–H groups in total. The van der Waals surface area contributed by atoms with Crippen LogP contribution in [0, 0.1) is 0 Å². The van der Waals surface area contributed by atoms with Crippen LogP contribution in [0.5, 0.6) is 0 Å². The molecule has 4 heteroatoms. The maximum Gasteiger partial charge on any atom is 0.251 e. The van der Waals surface area contributed by atoms with Gasteiger partial charge < -0.3 is 10.3 Å². The number of hydrogen-bond acceptors (Lipinski definition) is 2. The fourth-order valence-corrected chi connectivity index (χ4v) is 3.55. The van der Waals surface area contributed by atoms with E-state index in [-0.39, 0.29) is 17.0 Å². The summed E-state index contributed by atoms with van der Waals surface area (Å²) in [5.41, 5.74) is 3.48. The molecule has 1 atom stereocenters. The first-order chi connectivity index (χ1) is 12.0. The first-order valence-corrected chi connectivity index (χ1v) is 8.55. The van der Waals surface area contributed by atoms with Crippen molar-refractivity contribution in [3.8, 4) is 0 Å². The van der Waals surface area contributed by atoms with Crippen LogP contribution in [0.15, 0.2) is 59.4 Å². The standard InChI is InChI=1S/C21H20N2O2/c1-21(11-10-19(24)23-21)17-8-6-14(7-9-17)12-16-13-15-4-2-3-5-18(15)22-20(16)25/h2-9,13H,10-12H2,1H3,(H,22,25)(H,23,24). The van der Waals surface area contributed by atoms with Gasteiger partial charge in [0.05, 0.1) is 5.54 Å². The number of rotatable bonds is 3. The van der Waals surface area contributed by atoms with Crippen molar-refractivity contribution in [1.29, 1.82) is 0 Å². The molecular weight excluding hydrogens is 312 g/mol. The van der Waals surface area contributed by atoms with Crippen molar-refractivity contribution in [2.45, 2.75) is 31.7 Å². The van der Waals surface area contributed by atoms with Crippen LogP contribution in [-0.4, -0.2) is 10.9 Å². The molecule has 1 unspecified atom stereocenters. The van der Waals surface area contributed by atoms with Gasteiger partial charge in [0, 0.05) is 23.9 Å². The molecule has 126 valence electrons. The maximum atomic E-state index is 12.3. The molecule has 0 radical (unpaired) electrons. The number of benzene rings is 2. The summed E-state index contributed by atoms with van der Waals surface area (Å²) in [6, 6.07) is 17.9. The summed E-state index contributed by atoms with van der Waals surface area (Å²) in [5.74, 6) is 0.106. The van der Waals surface area contributed by atoms with Crippen LogP contribution >= 0.6 is 0 Å². The Kier molecular flexibility index (Phi) is 3.68. The number of H-pyrrole nitrogens is 1. The highest BCUT2D eigenvalue weighted by molar-refractivity contribution is 5.80. The molecule has 0 aliphatic carbocycles. The zero-order chi connectivity index (χ0) is 17.4. The first-order valence-electron chi connectivity index (χ1n) is 8.55. The second-order valence-electron chi connectivity index (χ2n) is 6.96. The highest BCUT2D eigenvalue weighted by Crippen LogP contribution is 2.31. The van der Waals surface area contributed by atoms with Gasteiger partial charge in [-0.25, -0.2) is 0 Å². The smallest absolute Gasteiger partial charge is 0.251 e. The minimum Gasteiger partial charge on any atom is -0.347 e. The van der Waals surface area contributed by atoms with Gasteiger partial charge in [0.2, 0.25) is 5.91 Å². The minimum absolute atomic E-state index is 0.0437. The van der Waals surface area contributed by atoms with E-state index in [1.807, 2.05) is 42.5 Å². The molecule has 1 fully saturated rings. The van der Waals surface area contributed by atoms with E-state index in [1.54, 1.807) is 0 Å². The number of amides is 1. The summed E-state index contributed by atoms with van der Waals surface area (Å²) in [4.78, 5) is 26.8. The quantitative estimate of drug-likeness (QED) is 0.773. The molecule has 1 saturated heterocycles. The van der Waals surface area contributed by atoms with Crippen LogP contribution in [-0.2, 0) is 16.8 Å². The van der Waals surface area contributed by atoms with Crippen LogP contribution in [0.1, 0.15) is 36.5 Å². The second kappa shape index (κ2) is 5.88. The molecule has 1 aromatic heterocycles. The highest BCUT2D eigenvalue weighted by Gasteiger charge is 2.34. The minimum atomic E-state index is -0.282. The third kappa shape index (κ3) is 2.95.